The lowest BCUT2D eigenvalue weighted by molar-refractivity contribution is 0.103. The highest BCUT2D eigenvalue weighted by Crippen LogP contribution is 2.23. The first-order valence-electron chi connectivity index (χ1n) is 6.30. The molecule has 3 heteroatoms. The summed E-state index contributed by atoms with van der Waals surface area (Å²) >= 11 is 3.42. The lowest BCUT2D eigenvalue weighted by Gasteiger charge is -2.08. The molecule has 0 bridgehead atoms. The van der Waals surface area contributed by atoms with Crippen molar-refractivity contribution >= 4 is 32.5 Å². The number of benzene rings is 2. The molecular formula is C17H12BrNO. The molecule has 0 unspecified atom stereocenters. The van der Waals surface area contributed by atoms with Gasteiger partial charge >= 0.3 is 0 Å². The van der Waals surface area contributed by atoms with Gasteiger partial charge in [0, 0.05) is 33.4 Å². The minimum absolute atomic E-state index is 0.00750. The molecule has 0 aliphatic heterocycles. The molecule has 3 aromatic rings. The smallest absolute Gasteiger partial charge is 0.195 e. The standard InChI is InChI=1S/C17H12BrNO/c1-11-6-7-13(18)8-15(11)17(20)16-10-19-9-12-4-2-3-5-14(12)16/h2-10H,1H3. The van der Waals surface area contributed by atoms with Gasteiger partial charge in [0.15, 0.2) is 5.78 Å². The lowest BCUT2D eigenvalue weighted by atomic mass is 9.97. The molecule has 20 heavy (non-hydrogen) atoms. The van der Waals surface area contributed by atoms with Crippen LogP contribution in [0.4, 0.5) is 0 Å². The number of aromatic nitrogens is 1. The summed E-state index contributed by atoms with van der Waals surface area (Å²) in [5.74, 6) is 0.00750. The summed E-state index contributed by atoms with van der Waals surface area (Å²) in [6, 6.07) is 13.5. The van der Waals surface area contributed by atoms with Crippen molar-refractivity contribution in [2.75, 3.05) is 0 Å². The Hall–Kier alpha value is -2.00. The molecule has 0 N–H and O–H groups in total. The largest absolute Gasteiger partial charge is 0.289 e. The molecular weight excluding hydrogens is 314 g/mol. The molecule has 0 saturated heterocycles. The molecule has 98 valence electrons. The van der Waals surface area contributed by atoms with Crippen LogP contribution in [-0.4, -0.2) is 10.8 Å². The summed E-state index contributed by atoms with van der Waals surface area (Å²) in [5.41, 5.74) is 2.31. The van der Waals surface area contributed by atoms with E-state index >= 15 is 0 Å². The molecule has 0 spiro atoms. The molecule has 0 radical (unpaired) electrons. The number of hydrogen-bond donors (Lipinski definition) is 0. The van der Waals surface area contributed by atoms with E-state index in [2.05, 4.69) is 20.9 Å². The molecule has 1 heterocycles. The normalized spacial score (nSPS) is 10.7. The zero-order valence-corrected chi connectivity index (χ0v) is 12.5. The molecule has 2 aromatic carbocycles. The molecule has 2 nitrogen and oxygen atoms in total. The molecule has 0 aliphatic carbocycles. The van der Waals surface area contributed by atoms with E-state index in [-0.39, 0.29) is 5.78 Å². The fourth-order valence-electron chi connectivity index (χ4n) is 2.28. The number of fused-ring (bicyclic) bond motifs is 1. The first-order valence-corrected chi connectivity index (χ1v) is 7.10. The van der Waals surface area contributed by atoms with Gasteiger partial charge in [0.1, 0.15) is 0 Å². The van der Waals surface area contributed by atoms with Crippen molar-refractivity contribution in [1.82, 2.24) is 4.98 Å². The Labute approximate surface area is 125 Å². The molecule has 0 atom stereocenters. The number of nitrogens with zero attached hydrogens (tertiary/aromatic N) is 1. The Morgan fingerprint density at radius 3 is 2.70 bits per heavy atom. The summed E-state index contributed by atoms with van der Waals surface area (Å²) in [6.45, 7) is 1.94. The summed E-state index contributed by atoms with van der Waals surface area (Å²) in [6.07, 6.45) is 3.42. The Balaban J connectivity index is 2.20. The molecule has 0 amide bonds. The van der Waals surface area contributed by atoms with Crippen LogP contribution >= 0.6 is 15.9 Å². The highest BCUT2D eigenvalue weighted by Gasteiger charge is 2.15. The van der Waals surface area contributed by atoms with Gasteiger partial charge in [-0.1, -0.05) is 46.3 Å². The second kappa shape index (κ2) is 5.17. The van der Waals surface area contributed by atoms with Gasteiger partial charge in [-0.05, 0) is 30.0 Å². The van der Waals surface area contributed by atoms with Crippen LogP contribution in [0.2, 0.25) is 0 Å². The maximum atomic E-state index is 12.8. The van der Waals surface area contributed by atoms with Crippen molar-refractivity contribution in [3.05, 3.63) is 76.0 Å². The first-order chi connectivity index (χ1) is 9.66. The van der Waals surface area contributed by atoms with Crippen LogP contribution in [0, 0.1) is 6.92 Å². The van der Waals surface area contributed by atoms with Crippen molar-refractivity contribution in [2.45, 2.75) is 6.92 Å². The third-order valence-electron chi connectivity index (χ3n) is 3.36. The van der Waals surface area contributed by atoms with E-state index < -0.39 is 0 Å². The number of rotatable bonds is 2. The van der Waals surface area contributed by atoms with E-state index in [1.807, 2.05) is 49.4 Å². The third kappa shape index (κ3) is 2.25. The van der Waals surface area contributed by atoms with Crippen molar-refractivity contribution in [2.24, 2.45) is 0 Å². The van der Waals surface area contributed by atoms with E-state index in [9.17, 15) is 4.79 Å². The van der Waals surface area contributed by atoms with E-state index in [1.54, 1.807) is 12.4 Å². The molecule has 0 saturated carbocycles. The number of aryl methyl sites for hydroxylation is 1. The van der Waals surface area contributed by atoms with Crippen molar-refractivity contribution in [1.29, 1.82) is 0 Å². The molecule has 3 rings (SSSR count). The minimum atomic E-state index is 0.00750. The summed E-state index contributed by atoms with van der Waals surface area (Å²) in [5, 5.41) is 1.91. The molecule has 0 fully saturated rings. The van der Waals surface area contributed by atoms with E-state index in [4.69, 9.17) is 0 Å². The summed E-state index contributed by atoms with van der Waals surface area (Å²) < 4.78 is 0.902. The second-order valence-electron chi connectivity index (χ2n) is 4.70. The van der Waals surface area contributed by atoms with Crippen LogP contribution < -0.4 is 0 Å². The van der Waals surface area contributed by atoms with Crippen LogP contribution in [0.1, 0.15) is 21.5 Å². The zero-order chi connectivity index (χ0) is 14.1. The van der Waals surface area contributed by atoms with Gasteiger partial charge in [-0.25, -0.2) is 0 Å². The Bertz CT molecular complexity index is 806. The van der Waals surface area contributed by atoms with E-state index in [1.165, 1.54) is 0 Å². The van der Waals surface area contributed by atoms with Crippen molar-refractivity contribution in [3.63, 3.8) is 0 Å². The highest BCUT2D eigenvalue weighted by atomic mass is 79.9. The van der Waals surface area contributed by atoms with Crippen LogP contribution in [0.5, 0.6) is 0 Å². The topological polar surface area (TPSA) is 30.0 Å². The van der Waals surface area contributed by atoms with Gasteiger partial charge in [0.2, 0.25) is 0 Å². The Morgan fingerprint density at radius 2 is 1.85 bits per heavy atom. The fraction of sp³-hybridized carbons (Fsp3) is 0.0588. The minimum Gasteiger partial charge on any atom is -0.289 e. The highest BCUT2D eigenvalue weighted by molar-refractivity contribution is 9.10. The van der Waals surface area contributed by atoms with Crippen molar-refractivity contribution < 1.29 is 4.79 Å². The molecule has 1 aromatic heterocycles. The van der Waals surface area contributed by atoms with Crippen molar-refractivity contribution in [3.8, 4) is 0 Å². The number of pyridine rings is 1. The molecule has 0 aliphatic rings. The van der Waals surface area contributed by atoms with Gasteiger partial charge in [-0.15, -0.1) is 0 Å². The van der Waals surface area contributed by atoms with Gasteiger partial charge < -0.3 is 0 Å². The predicted molar refractivity (Wildman–Crippen MR) is 84.1 cm³/mol. The fourth-order valence-corrected chi connectivity index (χ4v) is 2.64. The number of ketones is 1. The number of hydrogen-bond acceptors (Lipinski definition) is 2. The Morgan fingerprint density at radius 1 is 1.05 bits per heavy atom. The SMILES string of the molecule is Cc1ccc(Br)cc1C(=O)c1cncc2ccccc12. The summed E-state index contributed by atoms with van der Waals surface area (Å²) in [4.78, 5) is 17.0. The van der Waals surface area contributed by atoms with Crippen LogP contribution in [0.25, 0.3) is 10.8 Å². The average Bonchev–Trinajstić information content (AvgIpc) is 2.48. The second-order valence-corrected chi connectivity index (χ2v) is 5.61. The van der Waals surface area contributed by atoms with Crippen LogP contribution in [-0.2, 0) is 0 Å². The van der Waals surface area contributed by atoms with E-state index in [0.29, 0.717) is 11.1 Å². The van der Waals surface area contributed by atoms with Gasteiger partial charge in [0.05, 0.1) is 0 Å². The average molecular weight is 326 g/mol. The quantitative estimate of drug-likeness (QED) is 0.647. The zero-order valence-electron chi connectivity index (χ0n) is 10.9. The van der Waals surface area contributed by atoms with E-state index in [0.717, 1.165) is 20.8 Å². The van der Waals surface area contributed by atoms with Crippen LogP contribution in [0.3, 0.4) is 0 Å². The first kappa shape index (κ1) is 13.0. The number of carbonyl (C=O) groups is 1. The lowest BCUT2D eigenvalue weighted by Crippen LogP contribution is -2.05. The number of carbonyl (C=O) groups excluding carboxylic acids is 1. The third-order valence-corrected chi connectivity index (χ3v) is 3.85. The van der Waals surface area contributed by atoms with Crippen LogP contribution in [0.15, 0.2) is 59.3 Å². The van der Waals surface area contributed by atoms with Gasteiger partial charge in [0.25, 0.3) is 0 Å². The summed E-state index contributed by atoms with van der Waals surface area (Å²) in [7, 11) is 0. The van der Waals surface area contributed by atoms with Gasteiger partial charge in [-0.3, -0.25) is 9.78 Å². The Kier molecular flexibility index (Phi) is 3.36. The predicted octanol–water partition coefficient (Wildman–Crippen LogP) is 4.54. The van der Waals surface area contributed by atoms with Gasteiger partial charge in [-0.2, -0.15) is 0 Å². The number of halogens is 1. The maximum Gasteiger partial charge on any atom is 0.195 e. The monoisotopic (exact) mass is 325 g/mol. The maximum absolute atomic E-state index is 12.8.